The standard InChI is InChI=1S/C11H14N2O5S/c1-7(10(12)14)18-11(15)8-5-3-4-6-9(8)13-19(2,16)17/h3-7,13H,1-2H3,(H2,12,14)/t7-/m1/s1. The lowest BCUT2D eigenvalue weighted by atomic mass is 10.2. The molecule has 0 heterocycles. The summed E-state index contributed by atoms with van der Waals surface area (Å²) in [5.41, 5.74) is 5.05. The van der Waals surface area contributed by atoms with E-state index in [0.29, 0.717) is 0 Å². The molecule has 0 saturated carbocycles. The van der Waals surface area contributed by atoms with Crippen molar-refractivity contribution in [1.82, 2.24) is 0 Å². The fourth-order valence-electron chi connectivity index (χ4n) is 1.23. The van der Waals surface area contributed by atoms with Crippen molar-refractivity contribution in [1.29, 1.82) is 0 Å². The molecule has 1 atom stereocenters. The van der Waals surface area contributed by atoms with Crippen LogP contribution in [0.1, 0.15) is 17.3 Å². The average molecular weight is 286 g/mol. The third kappa shape index (κ3) is 4.59. The summed E-state index contributed by atoms with van der Waals surface area (Å²) in [4.78, 5) is 22.6. The lowest BCUT2D eigenvalue weighted by Gasteiger charge is -2.12. The predicted octanol–water partition coefficient (Wildman–Crippen LogP) is 0.0887. The molecule has 0 unspecified atom stereocenters. The molecule has 0 aliphatic heterocycles. The molecule has 1 amide bonds. The number of amides is 1. The normalized spacial score (nSPS) is 12.5. The van der Waals surface area contributed by atoms with Gasteiger partial charge in [-0.2, -0.15) is 0 Å². The molecular formula is C11H14N2O5S. The van der Waals surface area contributed by atoms with Gasteiger partial charge in [0, 0.05) is 0 Å². The first-order valence-corrected chi connectivity index (χ1v) is 7.17. The summed E-state index contributed by atoms with van der Waals surface area (Å²) in [6.07, 6.45) is -0.139. The molecule has 104 valence electrons. The van der Waals surface area contributed by atoms with E-state index in [0.717, 1.165) is 6.26 Å². The van der Waals surface area contributed by atoms with E-state index in [1.165, 1.54) is 19.1 Å². The van der Waals surface area contributed by atoms with Gasteiger partial charge in [0.2, 0.25) is 10.0 Å². The molecule has 0 fully saturated rings. The number of nitrogens with one attached hydrogen (secondary N) is 1. The fourth-order valence-corrected chi connectivity index (χ4v) is 1.81. The predicted molar refractivity (Wildman–Crippen MR) is 69.0 cm³/mol. The van der Waals surface area contributed by atoms with Gasteiger partial charge in [0.15, 0.2) is 6.10 Å². The van der Waals surface area contributed by atoms with E-state index >= 15 is 0 Å². The van der Waals surface area contributed by atoms with E-state index in [4.69, 9.17) is 10.5 Å². The topological polar surface area (TPSA) is 116 Å². The zero-order valence-corrected chi connectivity index (χ0v) is 11.2. The summed E-state index contributed by atoms with van der Waals surface area (Å²) >= 11 is 0. The maximum absolute atomic E-state index is 11.8. The molecule has 0 bridgehead atoms. The number of benzene rings is 1. The third-order valence-corrected chi connectivity index (χ3v) is 2.72. The molecule has 0 saturated heterocycles. The molecular weight excluding hydrogens is 272 g/mol. The smallest absolute Gasteiger partial charge is 0.341 e. The van der Waals surface area contributed by atoms with Gasteiger partial charge in [-0.15, -0.1) is 0 Å². The second-order valence-electron chi connectivity index (χ2n) is 3.87. The van der Waals surface area contributed by atoms with Crippen LogP contribution >= 0.6 is 0 Å². The highest BCUT2D eigenvalue weighted by Gasteiger charge is 2.19. The van der Waals surface area contributed by atoms with Crippen molar-refractivity contribution in [3.05, 3.63) is 29.8 Å². The molecule has 19 heavy (non-hydrogen) atoms. The Kier molecular flexibility index (Phi) is 4.49. The molecule has 1 rings (SSSR count). The summed E-state index contributed by atoms with van der Waals surface area (Å²) in [6, 6.07) is 5.89. The summed E-state index contributed by atoms with van der Waals surface area (Å²) in [5, 5.41) is 0. The fraction of sp³-hybridized carbons (Fsp3) is 0.273. The molecule has 0 aromatic heterocycles. The molecule has 3 N–H and O–H groups in total. The Morgan fingerprint density at radius 1 is 1.32 bits per heavy atom. The number of nitrogens with two attached hydrogens (primary N) is 1. The minimum Gasteiger partial charge on any atom is -0.449 e. The summed E-state index contributed by atoms with van der Waals surface area (Å²) in [5.74, 6) is -1.63. The third-order valence-electron chi connectivity index (χ3n) is 2.13. The van der Waals surface area contributed by atoms with E-state index in [2.05, 4.69) is 4.72 Å². The second kappa shape index (κ2) is 5.70. The largest absolute Gasteiger partial charge is 0.449 e. The first-order chi connectivity index (χ1) is 8.70. The van der Waals surface area contributed by atoms with E-state index in [1.807, 2.05) is 0 Å². The van der Waals surface area contributed by atoms with Crippen molar-refractivity contribution >= 4 is 27.6 Å². The number of hydrogen-bond donors (Lipinski definition) is 2. The lowest BCUT2D eigenvalue weighted by Crippen LogP contribution is -2.30. The Balaban J connectivity index is 3.00. The Hall–Kier alpha value is -2.09. The Morgan fingerprint density at radius 3 is 2.42 bits per heavy atom. The van der Waals surface area contributed by atoms with E-state index in [1.54, 1.807) is 12.1 Å². The van der Waals surface area contributed by atoms with E-state index in [-0.39, 0.29) is 11.3 Å². The molecule has 1 aromatic carbocycles. The molecule has 0 aliphatic carbocycles. The van der Waals surface area contributed by atoms with Gasteiger partial charge in [-0.25, -0.2) is 13.2 Å². The van der Waals surface area contributed by atoms with Gasteiger partial charge in [-0.05, 0) is 19.1 Å². The van der Waals surface area contributed by atoms with Crippen molar-refractivity contribution in [2.24, 2.45) is 5.73 Å². The maximum Gasteiger partial charge on any atom is 0.341 e. The second-order valence-corrected chi connectivity index (χ2v) is 5.62. The summed E-state index contributed by atoms with van der Waals surface area (Å²) in [6.45, 7) is 1.33. The Morgan fingerprint density at radius 2 is 1.89 bits per heavy atom. The number of rotatable bonds is 5. The van der Waals surface area contributed by atoms with Gasteiger partial charge in [-0.1, -0.05) is 12.1 Å². The molecule has 0 spiro atoms. The van der Waals surface area contributed by atoms with Gasteiger partial charge in [0.05, 0.1) is 17.5 Å². The van der Waals surface area contributed by atoms with Gasteiger partial charge >= 0.3 is 5.97 Å². The van der Waals surface area contributed by atoms with Gasteiger partial charge < -0.3 is 10.5 Å². The number of para-hydroxylation sites is 1. The monoisotopic (exact) mass is 286 g/mol. The highest BCUT2D eigenvalue weighted by atomic mass is 32.2. The number of carbonyl (C=O) groups is 2. The highest BCUT2D eigenvalue weighted by molar-refractivity contribution is 7.92. The molecule has 1 aromatic rings. The minimum absolute atomic E-state index is 0.000949. The van der Waals surface area contributed by atoms with Crippen LogP contribution in [0.4, 0.5) is 5.69 Å². The van der Waals surface area contributed by atoms with Crippen LogP contribution in [-0.4, -0.2) is 32.7 Å². The van der Waals surface area contributed by atoms with Gasteiger partial charge in [-0.3, -0.25) is 9.52 Å². The molecule has 0 aliphatic rings. The minimum atomic E-state index is -3.53. The Bertz CT molecular complexity index is 597. The number of hydrogen-bond acceptors (Lipinski definition) is 5. The van der Waals surface area contributed by atoms with Crippen molar-refractivity contribution in [3.63, 3.8) is 0 Å². The van der Waals surface area contributed by atoms with Gasteiger partial charge in [0.25, 0.3) is 5.91 Å². The first kappa shape index (κ1) is 15.0. The average Bonchev–Trinajstić information content (AvgIpc) is 2.27. The zero-order valence-electron chi connectivity index (χ0n) is 10.4. The number of ether oxygens (including phenoxy) is 1. The number of anilines is 1. The van der Waals surface area contributed by atoms with Crippen LogP contribution in [0.3, 0.4) is 0 Å². The van der Waals surface area contributed by atoms with Crippen LogP contribution in [0, 0.1) is 0 Å². The summed E-state index contributed by atoms with van der Waals surface area (Å²) < 4.78 is 29.3. The number of carbonyl (C=O) groups excluding carboxylic acids is 2. The zero-order chi connectivity index (χ0) is 14.6. The number of esters is 1. The number of primary amides is 1. The quantitative estimate of drug-likeness (QED) is 0.744. The maximum atomic E-state index is 11.8. The SMILES string of the molecule is C[C@@H](OC(=O)c1ccccc1NS(C)(=O)=O)C(N)=O. The highest BCUT2D eigenvalue weighted by Crippen LogP contribution is 2.17. The van der Waals surface area contributed by atoms with Gasteiger partial charge in [0.1, 0.15) is 0 Å². The summed E-state index contributed by atoms with van der Waals surface area (Å²) in [7, 11) is -3.53. The van der Waals surface area contributed by atoms with Crippen LogP contribution < -0.4 is 10.5 Å². The van der Waals surface area contributed by atoms with Crippen molar-refractivity contribution in [2.75, 3.05) is 11.0 Å². The van der Waals surface area contributed by atoms with Crippen LogP contribution in [0.25, 0.3) is 0 Å². The van der Waals surface area contributed by atoms with Crippen molar-refractivity contribution in [2.45, 2.75) is 13.0 Å². The van der Waals surface area contributed by atoms with Crippen LogP contribution in [0.5, 0.6) is 0 Å². The lowest BCUT2D eigenvalue weighted by molar-refractivity contribution is -0.125. The van der Waals surface area contributed by atoms with Crippen LogP contribution in [0.2, 0.25) is 0 Å². The van der Waals surface area contributed by atoms with Crippen molar-refractivity contribution in [3.8, 4) is 0 Å². The Labute approximate surface area is 110 Å². The number of sulfonamides is 1. The molecule has 0 radical (unpaired) electrons. The van der Waals surface area contributed by atoms with E-state index < -0.39 is 28.0 Å². The van der Waals surface area contributed by atoms with Crippen LogP contribution in [0.15, 0.2) is 24.3 Å². The van der Waals surface area contributed by atoms with Crippen LogP contribution in [-0.2, 0) is 19.6 Å². The molecule has 8 heteroatoms. The van der Waals surface area contributed by atoms with E-state index in [9.17, 15) is 18.0 Å². The van der Waals surface area contributed by atoms with Crippen molar-refractivity contribution < 1.29 is 22.7 Å². The first-order valence-electron chi connectivity index (χ1n) is 5.28. The molecule has 7 nitrogen and oxygen atoms in total.